The van der Waals surface area contributed by atoms with Gasteiger partial charge in [0.1, 0.15) is 23.0 Å². The van der Waals surface area contributed by atoms with Gasteiger partial charge in [0.25, 0.3) is 0 Å². The third kappa shape index (κ3) is 4.18. The first-order valence-electron chi connectivity index (χ1n) is 7.73. The quantitative estimate of drug-likeness (QED) is 0.422. The molecular formula is C20H16N2O4. The van der Waals surface area contributed by atoms with E-state index < -0.39 is 0 Å². The fourth-order valence-corrected chi connectivity index (χ4v) is 2.20. The molecule has 130 valence electrons. The minimum atomic E-state index is 0.0266. The average molecular weight is 348 g/mol. The van der Waals surface area contributed by atoms with Crippen LogP contribution in [0.2, 0.25) is 0 Å². The van der Waals surface area contributed by atoms with E-state index in [0.29, 0.717) is 22.5 Å². The lowest BCUT2D eigenvalue weighted by Gasteiger charge is -2.01. The van der Waals surface area contributed by atoms with Crippen LogP contribution in [0.15, 0.2) is 70.6 Å². The molecule has 0 saturated heterocycles. The SMILES string of the molecule is Oc1ccc(O)c(C=Nc2ccc(N=Cc3cc(O)ccc3O)cc2)c1. The first kappa shape index (κ1) is 17.0. The second-order valence-corrected chi connectivity index (χ2v) is 5.52. The molecule has 0 amide bonds. The van der Waals surface area contributed by atoms with Crippen LogP contribution in [0.1, 0.15) is 11.1 Å². The number of hydrogen-bond acceptors (Lipinski definition) is 6. The summed E-state index contributed by atoms with van der Waals surface area (Å²) in [7, 11) is 0. The van der Waals surface area contributed by atoms with Gasteiger partial charge >= 0.3 is 0 Å². The van der Waals surface area contributed by atoms with Gasteiger partial charge in [-0.05, 0) is 60.7 Å². The second kappa shape index (κ2) is 7.40. The Balaban J connectivity index is 1.74. The Kier molecular flexibility index (Phi) is 4.85. The molecule has 0 atom stereocenters. The maximum absolute atomic E-state index is 9.72. The van der Waals surface area contributed by atoms with E-state index in [2.05, 4.69) is 9.98 Å². The normalized spacial score (nSPS) is 11.4. The van der Waals surface area contributed by atoms with Gasteiger partial charge in [0.05, 0.1) is 11.4 Å². The lowest BCUT2D eigenvalue weighted by atomic mass is 10.2. The summed E-state index contributed by atoms with van der Waals surface area (Å²) in [4.78, 5) is 8.49. The number of aliphatic imine (C=N–C) groups is 2. The van der Waals surface area contributed by atoms with E-state index in [1.54, 1.807) is 24.3 Å². The Labute approximate surface area is 149 Å². The zero-order valence-electron chi connectivity index (χ0n) is 13.6. The molecule has 3 aromatic carbocycles. The Morgan fingerprint density at radius 3 is 1.31 bits per heavy atom. The maximum atomic E-state index is 9.72. The van der Waals surface area contributed by atoms with Crippen molar-refractivity contribution < 1.29 is 20.4 Å². The molecule has 0 heterocycles. The number of phenols is 4. The second-order valence-electron chi connectivity index (χ2n) is 5.52. The lowest BCUT2D eigenvalue weighted by Crippen LogP contribution is -1.82. The smallest absolute Gasteiger partial charge is 0.124 e. The molecule has 0 aliphatic rings. The predicted octanol–water partition coefficient (Wildman–Crippen LogP) is 4.01. The number of benzene rings is 3. The van der Waals surface area contributed by atoms with Gasteiger partial charge in [-0.3, -0.25) is 9.98 Å². The number of nitrogens with zero attached hydrogens (tertiary/aromatic N) is 2. The molecule has 4 N–H and O–H groups in total. The summed E-state index contributed by atoms with van der Waals surface area (Å²) in [5, 5.41) is 38.3. The Morgan fingerprint density at radius 1 is 0.538 bits per heavy atom. The summed E-state index contributed by atoms with van der Waals surface area (Å²) >= 11 is 0. The molecule has 0 aromatic heterocycles. The molecule has 0 spiro atoms. The Hall–Kier alpha value is -3.80. The van der Waals surface area contributed by atoms with E-state index in [0.717, 1.165) is 0 Å². The van der Waals surface area contributed by atoms with Crippen LogP contribution < -0.4 is 0 Å². The van der Waals surface area contributed by atoms with Gasteiger partial charge < -0.3 is 20.4 Å². The first-order chi connectivity index (χ1) is 12.5. The summed E-state index contributed by atoms with van der Waals surface area (Å²) in [6.07, 6.45) is 2.91. The minimum absolute atomic E-state index is 0.0266. The lowest BCUT2D eigenvalue weighted by molar-refractivity contribution is 0.459. The number of rotatable bonds is 4. The van der Waals surface area contributed by atoms with Crippen molar-refractivity contribution in [2.75, 3.05) is 0 Å². The van der Waals surface area contributed by atoms with Gasteiger partial charge in [0.2, 0.25) is 0 Å². The molecule has 0 aliphatic heterocycles. The molecule has 6 heteroatoms. The van der Waals surface area contributed by atoms with Gasteiger partial charge in [-0.2, -0.15) is 0 Å². The van der Waals surface area contributed by atoms with E-state index in [-0.39, 0.29) is 23.0 Å². The number of aromatic hydroxyl groups is 4. The summed E-state index contributed by atoms with van der Waals surface area (Å²) in [6, 6.07) is 15.4. The number of hydrogen-bond donors (Lipinski definition) is 4. The molecular weight excluding hydrogens is 332 g/mol. The third-order valence-corrected chi connectivity index (χ3v) is 3.58. The highest BCUT2D eigenvalue weighted by molar-refractivity contribution is 5.87. The zero-order chi connectivity index (χ0) is 18.5. The van der Waals surface area contributed by atoms with Crippen molar-refractivity contribution in [3.8, 4) is 23.0 Å². The molecule has 0 unspecified atom stereocenters. The molecule has 0 bridgehead atoms. The first-order valence-corrected chi connectivity index (χ1v) is 7.73. The topological polar surface area (TPSA) is 106 Å². The molecule has 3 aromatic rings. The van der Waals surface area contributed by atoms with Crippen molar-refractivity contribution in [3.05, 3.63) is 71.8 Å². The van der Waals surface area contributed by atoms with E-state index in [4.69, 9.17) is 0 Å². The van der Waals surface area contributed by atoms with Gasteiger partial charge in [0, 0.05) is 23.6 Å². The van der Waals surface area contributed by atoms with Crippen LogP contribution in [0.5, 0.6) is 23.0 Å². The summed E-state index contributed by atoms with van der Waals surface area (Å²) < 4.78 is 0. The van der Waals surface area contributed by atoms with Crippen molar-refractivity contribution in [2.45, 2.75) is 0 Å². The van der Waals surface area contributed by atoms with E-state index in [1.807, 2.05) is 0 Å². The summed E-state index contributed by atoms with van der Waals surface area (Å²) in [5.41, 5.74) is 2.11. The highest BCUT2D eigenvalue weighted by Crippen LogP contribution is 2.24. The zero-order valence-corrected chi connectivity index (χ0v) is 13.6. The standard InChI is InChI=1S/C20H16N2O4/c23-17-5-7-19(25)13(9-17)11-21-15-1-2-16(4-3-15)22-12-14-10-18(24)6-8-20(14)26/h1-12,23-26H. The van der Waals surface area contributed by atoms with Crippen LogP contribution in [0.25, 0.3) is 0 Å². The summed E-state index contributed by atoms with van der Waals surface area (Å²) in [6.45, 7) is 0. The highest BCUT2D eigenvalue weighted by Gasteiger charge is 2.01. The van der Waals surface area contributed by atoms with Crippen molar-refractivity contribution in [1.82, 2.24) is 0 Å². The molecule has 0 fully saturated rings. The van der Waals surface area contributed by atoms with Crippen LogP contribution in [0.4, 0.5) is 11.4 Å². The molecule has 0 radical (unpaired) electrons. The van der Waals surface area contributed by atoms with Crippen molar-refractivity contribution >= 4 is 23.8 Å². The molecule has 3 rings (SSSR count). The number of phenolic OH excluding ortho intramolecular Hbond substituents is 4. The van der Waals surface area contributed by atoms with Crippen LogP contribution in [0, 0.1) is 0 Å². The van der Waals surface area contributed by atoms with Crippen molar-refractivity contribution in [3.63, 3.8) is 0 Å². The Morgan fingerprint density at radius 2 is 0.923 bits per heavy atom. The third-order valence-electron chi connectivity index (χ3n) is 3.58. The van der Waals surface area contributed by atoms with Crippen LogP contribution in [-0.2, 0) is 0 Å². The summed E-state index contributed by atoms with van der Waals surface area (Å²) in [5.74, 6) is 0.144. The van der Waals surface area contributed by atoms with E-state index in [1.165, 1.54) is 48.8 Å². The molecule has 0 aliphatic carbocycles. The fourth-order valence-electron chi connectivity index (χ4n) is 2.20. The highest BCUT2D eigenvalue weighted by atomic mass is 16.3. The average Bonchev–Trinajstić information content (AvgIpc) is 2.64. The van der Waals surface area contributed by atoms with Gasteiger partial charge in [-0.25, -0.2) is 0 Å². The van der Waals surface area contributed by atoms with E-state index in [9.17, 15) is 20.4 Å². The van der Waals surface area contributed by atoms with E-state index >= 15 is 0 Å². The van der Waals surface area contributed by atoms with Gasteiger partial charge in [-0.1, -0.05) is 0 Å². The monoisotopic (exact) mass is 348 g/mol. The van der Waals surface area contributed by atoms with Crippen LogP contribution in [0.3, 0.4) is 0 Å². The van der Waals surface area contributed by atoms with Crippen molar-refractivity contribution in [1.29, 1.82) is 0 Å². The minimum Gasteiger partial charge on any atom is -0.508 e. The van der Waals surface area contributed by atoms with Crippen LogP contribution in [-0.4, -0.2) is 32.9 Å². The van der Waals surface area contributed by atoms with Gasteiger partial charge in [0.15, 0.2) is 0 Å². The van der Waals surface area contributed by atoms with Crippen molar-refractivity contribution in [2.24, 2.45) is 9.98 Å². The Bertz CT molecular complexity index is 899. The van der Waals surface area contributed by atoms with Crippen LogP contribution >= 0.6 is 0 Å². The fraction of sp³-hybridized carbons (Fsp3) is 0. The maximum Gasteiger partial charge on any atom is 0.124 e. The largest absolute Gasteiger partial charge is 0.508 e. The predicted molar refractivity (Wildman–Crippen MR) is 100 cm³/mol. The molecule has 0 saturated carbocycles. The molecule has 6 nitrogen and oxygen atoms in total. The molecule has 26 heavy (non-hydrogen) atoms. The van der Waals surface area contributed by atoms with Gasteiger partial charge in [-0.15, -0.1) is 0 Å².